The van der Waals surface area contributed by atoms with E-state index in [1.165, 1.54) is 0 Å². The van der Waals surface area contributed by atoms with E-state index in [1.807, 2.05) is 24.1 Å². The van der Waals surface area contributed by atoms with E-state index in [0.717, 1.165) is 30.1 Å². The Hall–Kier alpha value is -0.650. The lowest BCUT2D eigenvalue weighted by Crippen LogP contribution is -2.39. The maximum Gasteiger partial charge on any atom is 0.232 e. The van der Waals surface area contributed by atoms with Gasteiger partial charge in [-0.25, -0.2) is 4.98 Å². The lowest BCUT2D eigenvalue weighted by molar-refractivity contribution is -0.123. The third kappa shape index (κ3) is 3.46. The van der Waals surface area contributed by atoms with Crippen molar-refractivity contribution in [2.24, 2.45) is 17.6 Å². The molecular weight excluding hydrogens is 282 g/mol. The lowest BCUT2D eigenvalue weighted by atomic mass is 9.95. The molecule has 0 radical (unpaired) electrons. The first-order valence-electron chi connectivity index (χ1n) is 6.61. The van der Waals surface area contributed by atoms with Gasteiger partial charge in [-0.2, -0.15) is 0 Å². The molecule has 2 atom stereocenters. The minimum Gasteiger partial charge on any atom is -0.330 e. The molecule has 1 saturated carbocycles. The molecule has 108 valence electrons. The third-order valence-corrected chi connectivity index (χ3v) is 4.68. The highest BCUT2D eigenvalue weighted by molar-refractivity contribution is 7.14. The minimum atomic E-state index is 0. The fraction of sp³-hybridized carbons (Fsp3) is 0.692. The van der Waals surface area contributed by atoms with Gasteiger partial charge >= 0.3 is 0 Å². The first-order chi connectivity index (χ1) is 8.67. The molecule has 1 aliphatic rings. The van der Waals surface area contributed by atoms with Gasteiger partial charge in [0, 0.05) is 17.8 Å². The Labute approximate surface area is 124 Å². The number of thiazole rings is 1. The van der Waals surface area contributed by atoms with E-state index >= 15 is 0 Å². The summed E-state index contributed by atoms with van der Waals surface area (Å²) in [6.45, 7) is 5.25. The highest BCUT2D eigenvalue weighted by atomic mass is 35.5. The SMILES string of the molecule is CCN(C(=O)[C@@H]1CCC[C@@H]1CN)c1nc(C)cs1.Cl. The fourth-order valence-electron chi connectivity index (χ4n) is 2.70. The molecule has 2 rings (SSSR count). The molecule has 2 N–H and O–H groups in total. The first-order valence-corrected chi connectivity index (χ1v) is 7.49. The van der Waals surface area contributed by atoms with Crippen LogP contribution in [0.1, 0.15) is 31.9 Å². The standard InChI is InChI=1S/C13H21N3OS.ClH/c1-3-16(13-15-9(2)8-18-13)12(17)11-6-4-5-10(11)7-14;/h8,10-11H,3-7,14H2,1-2H3;1H/t10-,11-;/m1./s1. The molecule has 1 aromatic rings. The van der Waals surface area contributed by atoms with Crippen LogP contribution in [0.25, 0.3) is 0 Å². The number of aromatic nitrogens is 1. The predicted octanol–water partition coefficient (Wildman–Crippen LogP) is 2.60. The number of nitrogens with zero attached hydrogens (tertiary/aromatic N) is 2. The fourth-order valence-corrected chi connectivity index (χ4v) is 3.57. The van der Waals surface area contributed by atoms with Crippen molar-refractivity contribution in [1.82, 2.24) is 4.98 Å². The van der Waals surface area contributed by atoms with Crippen LogP contribution in [0, 0.1) is 18.8 Å². The average molecular weight is 304 g/mol. The minimum absolute atomic E-state index is 0. The van der Waals surface area contributed by atoms with Crippen molar-refractivity contribution in [2.45, 2.75) is 33.1 Å². The largest absolute Gasteiger partial charge is 0.330 e. The maximum absolute atomic E-state index is 12.6. The monoisotopic (exact) mass is 303 g/mol. The van der Waals surface area contributed by atoms with Crippen molar-refractivity contribution < 1.29 is 4.79 Å². The van der Waals surface area contributed by atoms with E-state index < -0.39 is 0 Å². The van der Waals surface area contributed by atoms with Gasteiger partial charge in [0.05, 0.1) is 5.69 Å². The molecule has 1 fully saturated rings. The summed E-state index contributed by atoms with van der Waals surface area (Å²) < 4.78 is 0. The highest BCUT2D eigenvalue weighted by Crippen LogP contribution is 2.34. The molecule has 1 amide bonds. The molecule has 0 aromatic carbocycles. The number of rotatable bonds is 4. The van der Waals surface area contributed by atoms with Crippen LogP contribution in [-0.2, 0) is 4.79 Å². The molecule has 0 unspecified atom stereocenters. The summed E-state index contributed by atoms with van der Waals surface area (Å²) in [5.74, 6) is 0.659. The van der Waals surface area contributed by atoms with Gasteiger partial charge in [0.1, 0.15) is 0 Å². The molecule has 19 heavy (non-hydrogen) atoms. The van der Waals surface area contributed by atoms with E-state index in [2.05, 4.69) is 4.98 Å². The molecule has 0 aliphatic heterocycles. The number of aryl methyl sites for hydroxylation is 1. The van der Waals surface area contributed by atoms with Crippen LogP contribution in [-0.4, -0.2) is 24.0 Å². The van der Waals surface area contributed by atoms with Crippen LogP contribution in [0.3, 0.4) is 0 Å². The Morgan fingerprint density at radius 3 is 2.84 bits per heavy atom. The zero-order chi connectivity index (χ0) is 13.1. The van der Waals surface area contributed by atoms with Crippen LogP contribution in [0.4, 0.5) is 5.13 Å². The number of anilines is 1. The van der Waals surface area contributed by atoms with Crippen molar-refractivity contribution in [1.29, 1.82) is 0 Å². The number of carbonyl (C=O) groups is 1. The number of amides is 1. The molecular formula is C13H22ClN3OS. The third-order valence-electron chi connectivity index (χ3n) is 3.70. The van der Waals surface area contributed by atoms with Crippen molar-refractivity contribution in [3.8, 4) is 0 Å². The summed E-state index contributed by atoms with van der Waals surface area (Å²) in [6.07, 6.45) is 3.18. The number of carbonyl (C=O) groups excluding carboxylic acids is 1. The predicted molar refractivity (Wildman–Crippen MR) is 82.0 cm³/mol. The Kier molecular flexibility index (Phi) is 6.23. The van der Waals surface area contributed by atoms with Crippen molar-refractivity contribution >= 4 is 34.8 Å². The maximum atomic E-state index is 12.6. The summed E-state index contributed by atoms with van der Waals surface area (Å²) in [5, 5.41) is 2.81. The molecule has 0 spiro atoms. The van der Waals surface area contributed by atoms with Gasteiger partial charge < -0.3 is 5.73 Å². The average Bonchev–Trinajstić information content (AvgIpc) is 2.98. The van der Waals surface area contributed by atoms with Gasteiger partial charge in [0.25, 0.3) is 0 Å². The van der Waals surface area contributed by atoms with Gasteiger partial charge in [-0.3, -0.25) is 9.69 Å². The smallest absolute Gasteiger partial charge is 0.232 e. The van der Waals surface area contributed by atoms with E-state index in [1.54, 1.807) is 11.3 Å². The topological polar surface area (TPSA) is 59.2 Å². The molecule has 1 aromatic heterocycles. The number of hydrogen-bond donors (Lipinski definition) is 1. The van der Waals surface area contributed by atoms with Crippen molar-refractivity contribution in [3.63, 3.8) is 0 Å². The summed E-state index contributed by atoms with van der Waals surface area (Å²) in [7, 11) is 0. The Morgan fingerprint density at radius 1 is 1.58 bits per heavy atom. The van der Waals surface area contributed by atoms with Gasteiger partial charge in [-0.1, -0.05) is 6.42 Å². The van der Waals surface area contributed by atoms with E-state index in [-0.39, 0.29) is 24.2 Å². The van der Waals surface area contributed by atoms with Crippen LogP contribution in [0.5, 0.6) is 0 Å². The van der Waals surface area contributed by atoms with Gasteiger partial charge in [-0.15, -0.1) is 23.7 Å². The van der Waals surface area contributed by atoms with E-state index in [4.69, 9.17) is 5.73 Å². The molecule has 1 heterocycles. The van der Waals surface area contributed by atoms with Crippen LogP contribution in [0.2, 0.25) is 0 Å². The first kappa shape index (κ1) is 16.4. The number of halogens is 1. The van der Waals surface area contributed by atoms with Crippen LogP contribution < -0.4 is 10.6 Å². The van der Waals surface area contributed by atoms with Gasteiger partial charge in [-0.05, 0) is 39.2 Å². The second-order valence-electron chi connectivity index (χ2n) is 4.89. The number of nitrogens with two attached hydrogens (primary N) is 1. The molecule has 4 nitrogen and oxygen atoms in total. The Balaban J connectivity index is 0.00000180. The molecule has 0 bridgehead atoms. The van der Waals surface area contributed by atoms with E-state index in [9.17, 15) is 4.79 Å². The second kappa shape index (κ2) is 7.22. The Bertz CT molecular complexity index is 424. The lowest BCUT2D eigenvalue weighted by Gasteiger charge is -2.24. The number of hydrogen-bond acceptors (Lipinski definition) is 4. The zero-order valence-electron chi connectivity index (χ0n) is 11.5. The van der Waals surface area contributed by atoms with Gasteiger partial charge in [0.15, 0.2) is 5.13 Å². The second-order valence-corrected chi connectivity index (χ2v) is 5.72. The van der Waals surface area contributed by atoms with Crippen molar-refractivity contribution in [2.75, 3.05) is 18.0 Å². The molecule has 6 heteroatoms. The summed E-state index contributed by atoms with van der Waals surface area (Å²) in [6, 6.07) is 0. The summed E-state index contributed by atoms with van der Waals surface area (Å²) in [5.41, 5.74) is 6.74. The Morgan fingerprint density at radius 2 is 2.32 bits per heavy atom. The van der Waals surface area contributed by atoms with Crippen LogP contribution in [0.15, 0.2) is 5.38 Å². The molecule has 0 saturated heterocycles. The van der Waals surface area contributed by atoms with Crippen LogP contribution >= 0.6 is 23.7 Å². The van der Waals surface area contributed by atoms with Gasteiger partial charge in [0.2, 0.25) is 5.91 Å². The summed E-state index contributed by atoms with van der Waals surface area (Å²) >= 11 is 1.54. The quantitative estimate of drug-likeness (QED) is 0.930. The highest BCUT2D eigenvalue weighted by Gasteiger charge is 2.35. The normalized spacial score (nSPS) is 22.1. The van der Waals surface area contributed by atoms with E-state index in [0.29, 0.717) is 19.0 Å². The molecule has 1 aliphatic carbocycles. The van der Waals surface area contributed by atoms with Crippen molar-refractivity contribution in [3.05, 3.63) is 11.1 Å². The zero-order valence-corrected chi connectivity index (χ0v) is 13.1. The summed E-state index contributed by atoms with van der Waals surface area (Å²) in [4.78, 5) is 18.8.